The van der Waals surface area contributed by atoms with E-state index in [1.54, 1.807) is 23.2 Å². The van der Waals surface area contributed by atoms with E-state index in [-0.39, 0.29) is 5.91 Å². The van der Waals surface area contributed by atoms with E-state index in [1.807, 2.05) is 16.8 Å². The molecule has 1 saturated heterocycles. The Hall–Kier alpha value is -1.36. The molecule has 5 heteroatoms. The molecule has 4 nitrogen and oxygen atoms in total. The number of hydrogen-bond acceptors (Lipinski definition) is 3. The van der Waals surface area contributed by atoms with E-state index in [1.165, 1.54) is 0 Å². The summed E-state index contributed by atoms with van der Waals surface area (Å²) >= 11 is 1.58. The highest BCUT2D eigenvalue weighted by molar-refractivity contribution is 7.07. The van der Waals surface area contributed by atoms with Crippen LogP contribution >= 0.6 is 11.3 Å². The number of thiophene rings is 1. The average Bonchev–Trinajstić information content (AvgIpc) is 2.82. The second kappa shape index (κ2) is 5.10. The molecule has 0 aliphatic carbocycles. The topological polar surface area (TPSA) is 57.6 Å². The lowest BCUT2D eigenvalue weighted by molar-refractivity contribution is -0.152. The Labute approximate surface area is 110 Å². The molecule has 0 unspecified atom stereocenters. The maximum Gasteiger partial charge on any atom is 0.309 e. The number of carboxylic acids is 1. The van der Waals surface area contributed by atoms with Gasteiger partial charge in [-0.1, -0.05) is 0 Å². The number of piperidine rings is 1. The molecule has 0 atom stereocenters. The van der Waals surface area contributed by atoms with Crippen molar-refractivity contribution in [3.8, 4) is 0 Å². The summed E-state index contributed by atoms with van der Waals surface area (Å²) in [5.74, 6) is -0.659. The van der Waals surface area contributed by atoms with Crippen molar-refractivity contribution in [1.29, 1.82) is 0 Å². The van der Waals surface area contributed by atoms with Gasteiger partial charge >= 0.3 is 5.97 Å². The fraction of sp³-hybridized carbons (Fsp3) is 0.538. The van der Waals surface area contributed by atoms with Crippen LogP contribution in [0, 0.1) is 5.41 Å². The molecule has 1 aromatic heterocycles. The summed E-state index contributed by atoms with van der Waals surface area (Å²) in [5.41, 5.74) is 0.371. The molecule has 1 fully saturated rings. The predicted molar refractivity (Wildman–Crippen MR) is 69.6 cm³/mol. The molecule has 98 valence electrons. The molecule has 1 aromatic rings. The third-order valence-corrected chi connectivity index (χ3v) is 4.40. The first-order valence-corrected chi connectivity index (χ1v) is 6.98. The van der Waals surface area contributed by atoms with Crippen LogP contribution in [0.3, 0.4) is 0 Å². The second-order valence-electron chi connectivity index (χ2n) is 5.05. The first-order valence-electron chi connectivity index (χ1n) is 6.03. The van der Waals surface area contributed by atoms with E-state index in [0.717, 1.165) is 5.56 Å². The Bertz CT molecular complexity index is 433. The summed E-state index contributed by atoms with van der Waals surface area (Å²) in [6.45, 7) is 2.85. The lowest BCUT2D eigenvalue weighted by Gasteiger charge is -2.36. The third kappa shape index (κ3) is 2.72. The quantitative estimate of drug-likeness (QED) is 0.911. The number of amides is 1. The van der Waals surface area contributed by atoms with Gasteiger partial charge in [0.05, 0.1) is 11.8 Å². The zero-order valence-corrected chi connectivity index (χ0v) is 11.2. The number of nitrogens with zero attached hydrogens (tertiary/aromatic N) is 1. The molecule has 18 heavy (non-hydrogen) atoms. The van der Waals surface area contributed by atoms with Crippen molar-refractivity contribution in [2.45, 2.75) is 26.2 Å². The fourth-order valence-electron chi connectivity index (χ4n) is 2.14. The molecule has 0 bridgehead atoms. The zero-order valence-electron chi connectivity index (χ0n) is 10.4. The number of carboxylic acid groups (broad SMARTS) is 1. The molecule has 1 N–H and O–H groups in total. The Balaban J connectivity index is 1.90. The monoisotopic (exact) mass is 267 g/mol. The van der Waals surface area contributed by atoms with E-state index in [9.17, 15) is 9.59 Å². The standard InChI is InChI=1S/C13H17NO3S/c1-13(12(16)17)3-5-14(6-4-13)11(15)8-10-2-7-18-9-10/h2,7,9H,3-6,8H2,1H3,(H,16,17). The Morgan fingerprint density at radius 3 is 2.61 bits per heavy atom. The van der Waals surface area contributed by atoms with E-state index < -0.39 is 11.4 Å². The third-order valence-electron chi connectivity index (χ3n) is 3.67. The second-order valence-corrected chi connectivity index (χ2v) is 5.84. The SMILES string of the molecule is CC1(C(=O)O)CCN(C(=O)Cc2ccsc2)CC1. The van der Waals surface area contributed by atoms with Crippen molar-refractivity contribution in [3.05, 3.63) is 22.4 Å². The van der Waals surface area contributed by atoms with Gasteiger partial charge < -0.3 is 10.0 Å². The smallest absolute Gasteiger partial charge is 0.309 e. The number of rotatable bonds is 3. The lowest BCUT2D eigenvalue weighted by Crippen LogP contribution is -2.45. The minimum Gasteiger partial charge on any atom is -0.481 e. The maximum atomic E-state index is 12.0. The molecule has 2 rings (SSSR count). The number of hydrogen-bond donors (Lipinski definition) is 1. The van der Waals surface area contributed by atoms with E-state index >= 15 is 0 Å². The molecule has 0 radical (unpaired) electrons. The van der Waals surface area contributed by atoms with Gasteiger partial charge in [-0.2, -0.15) is 11.3 Å². The van der Waals surface area contributed by atoms with Gasteiger partial charge in [-0.05, 0) is 42.2 Å². The van der Waals surface area contributed by atoms with Crippen LogP contribution < -0.4 is 0 Å². The highest BCUT2D eigenvalue weighted by Gasteiger charge is 2.37. The van der Waals surface area contributed by atoms with Crippen molar-refractivity contribution < 1.29 is 14.7 Å². The first-order chi connectivity index (χ1) is 8.51. The van der Waals surface area contributed by atoms with Crippen molar-refractivity contribution in [1.82, 2.24) is 4.90 Å². The van der Waals surface area contributed by atoms with Gasteiger partial charge in [-0.25, -0.2) is 0 Å². The molecule has 1 aliphatic rings. The fourth-order valence-corrected chi connectivity index (χ4v) is 2.81. The highest BCUT2D eigenvalue weighted by Crippen LogP contribution is 2.31. The summed E-state index contributed by atoms with van der Waals surface area (Å²) in [6, 6.07) is 1.95. The Kier molecular flexibility index (Phi) is 3.71. The first kappa shape index (κ1) is 13.1. The van der Waals surface area contributed by atoms with Gasteiger partial charge in [0, 0.05) is 13.1 Å². The minimum absolute atomic E-state index is 0.0980. The minimum atomic E-state index is -0.757. The van der Waals surface area contributed by atoms with Gasteiger partial charge in [0.2, 0.25) is 5.91 Å². The van der Waals surface area contributed by atoms with Gasteiger partial charge in [-0.3, -0.25) is 9.59 Å². The molecular weight excluding hydrogens is 250 g/mol. The van der Waals surface area contributed by atoms with Crippen molar-refractivity contribution >= 4 is 23.2 Å². The van der Waals surface area contributed by atoms with Crippen LogP contribution in [0.2, 0.25) is 0 Å². The van der Waals surface area contributed by atoms with Crippen LogP contribution in [-0.4, -0.2) is 35.0 Å². The molecule has 1 aliphatic heterocycles. The largest absolute Gasteiger partial charge is 0.481 e. The van der Waals surface area contributed by atoms with E-state index in [2.05, 4.69) is 0 Å². The van der Waals surface area contributed by atoms with Crippen molar-refractivity contribution in [2.24, 2.45) is 5.41 Å². The predicted octanol–water partition coefficient (Wildman–Crippen LogP) is 2.00. The molecule has 2 heterocycles. The molecule has 0 saturated carbocycles. The Morgan fingerprint density at radius 2 is 2.11 bits per heavy atom. The van der Waals surface area contributed by atoms with Crippen molar-refractivity contribution in [3.63, 3.8) is 0 Å². The van der Waals surface area contributed by atoms with Crippen LogP contribution in [-0.2, 0) is 16.0 Å². The van der Waals surface area contributed by atoms with Gasteiger partial charge in [-0.15, -0.1) is 0 Å². The molecule has 0 aromatic carbocycles. The zero-order chi connectivity index (χ0) is 13.2. The number of carbonyl (C=O) groups is 2. The van der Waals surface area contributed by atoms with Crippen LogP contribution in [0.25, 0.3) is 0 Å². The number of carbonyl (C=O) groups excluding carboxylic acids is 1. The van der Waals surface area contributed by atoms with Crippen LogP contribution in [0.5, 0.6) is 0 Å². The average molecular weight is 267 g/mol. The van der Waals surface area contributed by atoms with E-state index in [4.69, 9.17) is 5.11 Å². The molecule has 1 amide bonds. The molecule has 0 spiro atoms. The maximum absolute atomic E-state index is 12.0. The van der Waals surface area contributed by atoms with E-state index in [0.29, 0.717) is 32.4 Å². The van der Waals surface area contributed by atoms with Crippen LogP contribution in [0.1, 0.15) is 25.3 Å². The molecular formula is C13H17NO3S. The van der Waals surface area contributed by atoms with Gasteiger partial charge in [0.25, 0.3) is 0 Å². The van der Waals surface area contributed by atoms with Gasteiger partial charge in [0.15, 0.2) is 0 Å². The lowest BCUT2D eigenvalue weighted by atomic mass is 9.80. The Morgan fingerprint density at radius 1 is 1.44 bits per heavy atom. The summed E-state index contributed by atoms with van der Waals surface area (Å²) in [4.78, 5) is 24.9. The normalized spacial score (nSPS) is 18.6. The number of aliphatic carboxylic acids is 1. The summed E-state index contributed by atoms with van der Waals surface area (Å²) < 4.78 is 0. The van der Waals surface area contributed by atoms with Crippen LogP contribution in [0.15, 0.2) is 16.8 Å². The van der Waals surface area contributed by atoms with Gasteiger partial charge in [0.1, 0.15) is 0 Å². The summed E-state index contributed by atoms with van der Waals surface area (Å²) in [6.07, 6.45) is 1.50. The highest BCUT2D eigenvalue weighted by atomic mass is 32.1. The summed E-state index contributed by atoms with van der Waals surface area (Å²) in [7, 11) is 0. The number of likely N-dealkylation sites (tertiary alicyclic amines) is 1. The van der Waals surface area contributed by atoms with Crippen molar-refractivity contribution in [2.75, 3.05) is 13.1 Å². The van der Waals surface area contributed by atoms with Crippen LogP contribution in [0.4, 0.5) is 0 Å². The summed E-state index contributed by atoms with van der Waals surface area (Å²) in [5, 5.41) is 13.1.